The zero-order valence-corrected chi connectivity index (χ0v) is 10.8. The van der Waals surface area contributed by atoms with Crippen molar-refractivity contribution in [2.75, 3.05) is 0 Å². The molecule has 1 aliphatic rings. The van der Waals surface area contributed by atoms with Gasteiger partial charge in [0.25, 0.3) is 5.69 Å². The average molecular weight is 248 g/mol. The molecule has 1 aliphatic carbocycles. The number of rotatable bonds is 6. The molecule has 18 heavy (non-hydrogen) atoms. The minimum absolute atomic E-state index is 0.168. The predicted octanol–water partition coefficient (Wildman–Crippen LogP) is 3.26. The van der Waals surface area contributed by atoms with Crippen LogP contribution in [0.5, 0.6) is 0 Å². The SMILES string of the molecule is CC(CC1CCC1)NCc1cccc([N+](=O)[O-])c1. The number of nitrogens with one attached hydrogen (secondary N) is 1. The largest absolute Gasteiger partial charge is 0.310 e. The van der Waals surface area contributed by atoms with Crippen LogP contribution in [0.3, 0.4) is 0 Å². The Morgan fingerprint density at radius 2 is 2.28 bits per heavy atom. The molecule has 1 atom stereocenters. The maximum Gasteiger partial charge on any atom is 0.269 e. The fourth-order valence-corrected chi connectivity index (χ4v) is 2.38. The summed E-state index contributed by atoms with van der Waals surface area (Å²) in [5.74, 6) is 0.887. The van der Waals surface area contributed by atoms with Gasteiger partial charge in [0, 0.05) is 24.7 Å². The molecular weight excluding hydrogens is 228 g/mol. The van der Waals surface area contributed by atoms with Crippen molar-refractivity contribution in [1.82, 2.24) is 5.32 Å². The summed E-state index contributed by atoms with van der Waals surface area (Å²) in [6.07, 6.45) is 5.32. The van der Waals surface area contributed by atoms with Crippen molar-refractivity contribution in [3.63, 3.8) is 0 Å². The second-order valence-electron chi connectivity index (χ2n) is 5.24. The number of benzene rings is 1. The lowest BCUT2D eigenvalue weighted by Crippen LogP contribution is -2.29. The number of nitrogens with zero attached hydrogens (tertiary/aromatic N) is 1. The quantitative estimate of drug-likeness (QED) is 0.621. The lowest BCUT2D eigenvalue weighted by atomic mass is 9.81. The zero-order chi connectivity index (χ0) is 13.0. The molecule has 1 unspecified atom stereocenters. The molecule has 0 saturated heterocycles. The van der Waals surface area contributed by atoms with E-state index in [0.29, 0.717) is 12.6 Å². The first-order valence-electron chi connectivity index (χ1n) is 6.62. The van der Waals surface area contributed by atoms with Crippen LogP contribution in [-0.2, 0) is 6.54 Å². The van der Waals surface area contributed by atoms with Gasteiger partial charge in [-0.2, -0.15) is 0 Å². The Kier molecular flexibility index (Phi) is 4.31. The van der Waals surface area contributed by atoms with E-state index in [1.165, 1.54) is 31.7 Å². The van der Waals surface area contributed by atoms with Crippen LogP contribution >= 0.6 is 0 Å². The van der Waals surface area contributed by atoms with E-state index in [4.69, 9.17) is 0 Å². The van der Waals surface area contributed by atoms with Crippen molar-refractivity contribution in [3.05, 3.63) is 39.9 Å². The Morgan fingerprint density at radius 1 is 1.50 bits per heavy atom. The van der Waals surface area contributed by atoms with Gasteiger partial charge in [0.05, 0.1) is 4.92 Å². The average Bonchev–Trinajstić information content (AvgIpc) is 2.31. The second-order valence-corrected chi connectivity index (χ2v) is 5.24. The minimum atomic E-state index is -0.346. The highest BCUT2D eigenvalue weighted by atomic mass is 16.6. The summed E-state index contributed by atoms with van der Waals surface area (Å²) in [5.41, 5.74) is 1.14. The van der Waals surface area contributed by atoms with Gasteiger partial charge >= 0.3 is 0 Å². The van der Waals surface area contributed by atoms with E-state index < -0.39 is 0 Å². The van der Waals surface area contributed by atoms with Crippen molar-refractivity contribution < 1.29 is 4.92 Å². The molecule has 0 bridgehead atoms. The summed E-state index contributed by atoms with van der Waals surface area (Å²) in [6, 6.07) is 7.32. The molecule has 1 aromatic carbocycles. The van der Waals surface area contributed by atoms with Crippen molar-refractivity contribution in [1.29, 1.82) is 0 Å². The van der Waals surface area contributed by atoms with E-state index in [0.717, 1.165) is 11.5 Å². The van der Waals surface area contributed by atoms with Crippen LogP contribution in [0.2, 0.25) is 0 Å². The Labute approximate surface area is 108 Å². The lowest BCUT2D eigenvalue weighted by molar-refractivity contribution is -0.384. The zero-order valence-electron chi connectivity index (χ0n) is 10.8. The molecule has 1 fully saturated rings. The molecule has 1 saturated carbocycles. The summed E-state index contributed by atoms with van der Waals surface area (Å²) in [5, 5.41) is 14.1. The molecule has 2 rings (SSSR count). The van der Waals surface area contributed by atoms with Gasteiger partial charge in [-0.3, -0.25) is 10.1 Å². The van der Waals surface area contributed by atoms with Crippen molar-refractivity contribution >= 4 is 5.69 Å². The normalized spacial score (nSPS) is 17.2. The summed E-state index contributed by atoms with van der Waals surface area (Å²) >= 11 is 0. The molecule has 98 valence electrons. The van der Waals surface area contributed by atoms with Crippen LogP contribution in [-0.4, -0.2) is 11.0 Å². The highest BCUT2D eigenvalue weighted by Gasteiger charge is 2.19. The lowest BCUT2D eigenvalue weighted by Gasteiger charge is -2.28. The minimum Gasteiger partial charge on any atom is -0.310 e. The van der Waals surface area contributed by atoms with E-state index >= 15 is 0 Å². The fraction of sp³-hybridized carbons (Fsp3) is 0.571. The van der Waals surface area contributed by atoms with Crippen molar-refractivity contribution in [2.24, 2.45) is 5.92 Å². The number of nitro groups is 1. The highest BCUT2D eigenvalue weighted by molar-refractivity contribution is 5.34. The maximum atomic E-state index is 10.7. The molecule has 1 aromatic rings. The van der Waals surface area contributed by atoms with Crippen LogP contribution in [0, 0.1) is 16.0 Å². The molecule has 0 heterocycles. The molecule has 0 spiro atoms. The van der Waals surface area contributed by atoms with Crippen molar-refractivity contribution in [2.45, 2.75) is 45.2 Å². The van der Waals surface area contributed by atoms with Gasteiger partial charge in [-0.05, 0) is 24.8 Å². The molecule has 0 amide bonds. The first-order chi connectivity index (χ1) is 8.65. The predicted molar refractivity (Wildman–Crippen MR) is 71.4 cm³/mol. The summed E-state index contributed by atoms with van der Waals surface area (Å²) in [7, 11) is 0. The van der Waals surface area contributed by atoms with E-state index in [-0.39, 0.29) is 10.6 Å². The first-order valence-corrected chi connectivity index (χ1v) is 6.62. The van der Waals surface area contributed by atoms with Gasteiger partial charge in [-0.15, -0.1) is 0 Å². The van der Waals surface area contributed by atoms with E-state index in [9.17, 15) is 10.1 Å². The van der Waals surface area contributed by atoms with Crippen LogP contribution in [0.15, 0.2) is 24.3 Å². The maximum absolute atomic E-state index is 10.7. The van der Waals surface area contributed by atoms with E-state index in [1.807, 2.05) is 6.07 Å². The first kappa shape index (κ1) is 13.0. The summed E-state index contributed by atoms with van der Waals surface area (Å²) < 4.78 is 0. The monoisotopic (exact) mass is 248 g/mol. The van der Waals surface area contributed by atoms with Crippen LogP contribution in [0.4, 0.5) is 5.69 Å². The molecular formula is C14H20N2O2. The fourth-order valence-electron chi connectivity index (χ4n) is 2.38. The molecule has 0 aliphatic heterocycles. The van der Waals surface area contributed by atoms with Crippen LogP contribution in [0.25, 0.3) is 0 Å². The number of hydrogen-bond donors (Lipinski definition) is 1. The summed E-state index contributed by atoms with van der Waals surface area (Å²) in [4.78, 5) is 10.3. The highest BCUT2D eigenvalue weighted by Crippen LogP contribution is 2.30. The topological polar surface area (TPSA) is 55.2 Å². The standard InChI is InChI=1S/C14H20N2O2/c1-11(8-12-4-2-5-12)15-10-13-6-3-7-14(9-13)16(17)18/h3,6-7,9,11-12,15H,2,4-5,8,10H2,1H3. The van der Waals surface area contributed by atoms with Crippen LogP contribution < -0.4 is 5.32 Å². The number of nitro benzene ring substituents is 1. The summed E-state index contributed by atoms with van der Waals surface area (Å²) in [6.45, 7) is 2.89. The van der Waals surface area contributed by atoms with Gasteiger partial charge in [0.2, 0.25) is 0 Å². The Hall–Kier alpha value is -1.42. The van der Waals surface area contributed by atoms with E-state index in [2.05, 4.69) is 12.2 Å². The molecule has 0 radical (unpaired) electrons. The smallest absolute Gasteiger partial charge is 0.269 e. The number of non-ortho nitro benzene ring substituents is 1. The van der Waals surface area contributed by atoms with Gasteiger partial charge in [0.15, 0.2) is 0 Å². The van der Waals surface area contributed by atoms with Gasteiger partial charge in [-0.1, -0.05) is 31.4 Å². The third-order valence-corrected chi connectivity index (χ3v) is 3.69. The molecule has 4 nitrogen and oxygen atoms in total. The van der Waals surface area contributed by atoms with Gasteiger partial charge < -0.3 is 5.32 Å². The van der Waals surface area contributed by atoms with E-state index in [1.54, 1.807) is 12.1 Å². The molecule has 4 heteroatoms. The van der Waals surface area contributed by atoms with Crippen LogP contribution in [0.1, 0.15) is 38.2 Å². The molecule has 0 aromatic heterocycles. The number of hydrogen-bond acceptors (Lipinski definition) is 3. The third kappa shape index (κ3) is 3.53. The Balaban J connectivity index is 1.81. The second kappa shape index (κ2) is 5.96. The third-order valence-electron chi connectivity index (χ3n) is 3.69. The van der Waals surface area contributed by atoms with Gasteiger partial charge in [-0.25, -0.2) is 0 Å². The Bertz CT molecular complexity index is 416. The van der Waals surface area contributed by atoms with Gasteiger partial charge in [0.1, 0.15) is 0 Å². The molecule has 1 N–H and O–H groups in total. The van der Waals surface area contributed by atoms with Crippen molar-refractivity contribution in [3.8, 4) is 0 Å². The Morgan fingerprint density at radius 3 is 2.89 bits per heavy atom.